The normalized spacial score (nSPS) is 14.1. The van der Waals surface area contributed by atoms with Crippen molar-refractivity contribution < 1.29 is 4.79 Å². The van der Waals surface area contributed by atoms with Crippen molar-refractivity contribution in [1.82, 2.24) is 9.36 Å². The molecule has 5 nitrogen and oxygen atoms in total. The zero-order valence-electron chi connectivity index (χ0n) is 10.8. The van der Waals surface area contributed by atoms with E-state index >= 15 is 0 Å². The third-order valence-electron chi connectivity index (χ3n) is 2.96. The van der Waals surface area contributed by atoms with E-state index in [-0.39, 0.29) is 11.8 Å². The summed E-state index contributed by atoms with van der Waals surface area (Å²) in [6.07, 6.45) is 0.866. The minimum absolute atomic E-state index is 0.143. The molecule has 102 valence electrons. The lowest BCUT2D eigenvalue weighted by atomic mass is 10.00. The maximum atomic E-state index is 11.9. The highest BCUT2D eigenvalue weighted by Crippen LogP contribution is 2.25. The molecule has 0 aliphatic carbocycles. The van der Waals surface area contributed by atoms with Crippen molar-refractivity contribution in [2.24, 2.45) is 11.7 Å². The summed E-state index contributed by atoms with van der Waals surface area (Å²) in [6, 6.07) is 3.38. The first-order chi connectivity index (χ1) is 9.11. The lowest BCUT2D eigenvalue weighted by Gasteiger charge is -2.16. The third-order valence-corrected chi connectivity index (χ3v) is 4.45. The monoisotopic (exact) mass is 296 g/mol. The predicted octanol–water partition coefficient (Wildman–Crippen LogP) is 2.58. The molecule has 2 aromatic rings. The number of nitrogens with two attached hydrogens (primary N) is 1. The van der Waals surface area contributed by atoms with Gasteiger partial charge in [0.25, 0.3) is 0 Å². The first-order valence-corrected chi connectivity index (χ1v) is 7.71. The number of hydrogen-bond donors (Lipinski definition) is 2. The molecule has 0 aromatic carbocycles. The van der Waals surface area contributed by atoms with Crippen molar-refractivity contribution in [3.05, 3.63) is 17.5 Å². The number of carbonyl (C=O) groups excluding carboxylic acids is 1. The van der Waals surface area contributed by atoms with Gasteiger partial charge in [-0.2, -0.15) is 9.36 Å². The number of rotatable bonds is 5. The van der Waals surface area contributed by atoms with Gasteiger partial charge in [-0.15, -0.1) is 11.3 Å². The Hall–Kier alpha value is -1.31. The Morgan fingerprint density at radius 3 is 3.00 bits per heavy atom. The Labute approximate surface area is 120 Å². The van der Waals surface area contributed by atoms with E-state index in [2.05, 4.69) is 14.7 Å². The summed E-state index contributed by atoms with van der Waals surface area (Å²) < 4.78 is 4.22. The van der Waals surface area contributed by atoms with Crippen LogP contribution in [-0.4, -0.2) is 21.3 Å². The van der Waals surface area contributed by atoms with E-state index in [9.17, 15) is 4.79 Å². The third kappa shape index (κ3) is 3.37. The smallest absolute Gasteiger partial charge is 0.243 e. The lowest BCUT2D eigenvalue weighted by molar-refractivity contribution is -0.118. The van der Waals surface area contributed by atoms with Crippen LogP contribution in [-0.2, 0) is 4.79 Å². The van der Waals surface area contributed by atoms with E-state index in [0.29, 0.717) is 11.0 Å². The van der Waals surface area contributed by atoms with Gasteiger partial charge in [-0.3, -0.25) is 10.1 Å². The number of carbonyl (C=O) groups is 1. The molecule has 0 aliphatic heterocycles. The predicted molar refractivity (Wildman–Crippen MR) is 79.3 cm³/mol. The van der Waals surface area contributed by atoms with Crippen LogP contribution in [0.25, 0.3) is 10.7 Å². The summed E-state index contributed by atoms with van der Waals surface area (Å²) in [6.45, 7) is 3.97. The molecule has 0 saturated carbocycles. The Balaban J connectivity index is 2.02. The van der Waals surface area contributed by atoms with E-state index < -0.39 is 6.04 Å². The van der Waals surface area contributed by atoms with Crippen molar-refractivity contribution in [3.8, 4) is 10.7 Å². The largest absolute Gasteiger partial charge is 0.320 e. The van der Waals surface area contributed by atoms with E-state index in [1.54, 1.807) is 11.3 Å². The summed E-state index contributed by atoms with van der Waals surface area (Å²) in [4.78, 5) is 17.2. The number of hydrogen-bond acceptors (Lipinski definition) is 6. The number of nitrogens with one attached hydrogen (secondary N) is 1. The molecular formula is C12H16N4OS2. The van der Waals surface area contributed by atoms with Crippen LogP contribution in [0.3, 0.4) is 0 Å². The average Bonchev–Trinajstić information content (AvgIpc) is 3.06. The van der Waals surface area contributed by atoms with Crippen molar-refractivity contribution in [1.29, 1.82) is 0 Å². The highest BCUT2D eigenvalue weighted by molar-refractivity contribution is 7.14. The Kier molecular flexibility index (Phi) is 4.62. The molecule has 3 N–H and O–H groups in total. The van der Waals surface area contributed by atoms with Gasteiger partial charge in [0.2, 0.25) is 11.0 Å². The zero-order chi connectivity index (χ0) is 13.8. The summed E-state index contributed by atoms with van der Waals surface area (Å²) in [5.41, 5.74) is 5.87. The molecule has 1 amide bonds. The molecule has 0 bridgehead atoms. The topological polar surface area (TPSA) is 80.9 Å². The SMILES string of the molecule is CCC(C)C(N)C(=O)Nc1nc(-c2cccs2)ns1. The molecule has 2 heterocycles. The Bertz CT molecular complexity index is 538. The minimum atomic E-state index is -0.515. The van der Waals surface area contributed by atoms with Crippen LogP contribution < -0.4 is 11.1 Å². The molecule has 2 aromatic heterocycles. The summed E-state index contributed by atoms with van der Waals surface area (Å²) in [7, 11) is 0. The number of aromatic nitrogens is 2. The fourth-order valence-electron chi connectivity index (χ4n) is 1.48. The Morgan fingerprint density at radius 2 is 2.37 bits per heavy atom. The maximum absolute atomic E-state index is 11.9. The van der Waals surface area contributed by atoms with Crippen LogP contribution >= 0.6 is 22.9 Å². The number of amides is 1. The zero-order valence-corrected chi connectivity index (χ0v) is 12.4. The summed E-state index contributed by atoms with van der Waals surface area (Å²) in [5.74, 6) is 0.584. The number of anilines is 1. The molecule has 0 spiro atoms. The van der Waals surface area contributed by atoms with Crippen LogP contribution in [0.15, 0.2) is 17.5 Å². The molecule has 2 atom stereocenters. The molecule has 7 heteroatoms. The number of thiophene rings is 1. The van der Waals surface area contributed by atoms with E-state index in [4.69, 9.17) is 5.73 Å². The molecule has 0 fully saturated rings. The van der Waals surface area contributed by atoms with E-state index in [0.717, 1.165) is 11.3 Å². The molecule has 2 rings (SSSR count). The van der Waals surface area contributed by atoms with Crippen LogP contribution in [0.1, 0.15) is 20.3 Å². The van der Waals surface area contributed by atoms with Crippen molar-refractivity contribution >= 4 is 33.9 Å². The van der Waals surface area contributed by atoms with Crippen LogP contribution in [0.5, 0.6) is 0 Å². The first kappa shape index (κ1) is 14.1. The first-order valence-electron chi connectivity index (χ1n) is 6.05. The second-order valence-corrected chi connectivity index (χ2v) is 6.00. The fraction of sp³-hybridized carbons (Fsp3) is 0.417. The van der Waals surface area contributed by atoms with Gasteiger partial charge in [-0.05, 0) is 17.4 Å². The summed E-state index contributed by atoms with van der Waals surface area (Å²) >= 11 is 2.74. The van der Waals surface area contributed by atoms with Crippen LogP contribution in [0.2, 0.25) is 0 Å². The highest BCUT2D eigenvalue weighted by Gasteiger charge is 2.20. The quantitative estimate of drug-likeness (QED) is 0.888. The van der Waals surface area contributed by atoms with Crippen molar-refractivity contribution in [2.45, 2.75) is 26.3 Å². The average molecular weight is 296 g/mol. The molecular weight excluding hydrogens is 280 g/mol. The van der Waals surface area contributed by atoms with Crippen LogP contribution in [0.4, 0.5) is 5.13 Å². The van der Waals surface area contributed by atoms with E-state index in [1.165, 1.54) is 11.5 Å². The van der Waals surface area contributed by atoms with Gasteiger partial charge in [-0.25, -0.2) is 0 Å². The lowest BCUT2D eigenvalue weighted by Crippen LogP contribution is -2.40. The second kappa shape index (κ2) is 6.23. The summed E-state index contributed by atoms with van der Waals surface area (Å²) in [5, 5.41) is 5.18. The maximum Gasteiger partial charge on any atom is 0.243 e. The van der Waals surface area contributed by atoms with Crippen molar-refractivity contribution in [3.63, 3.8) is 0 Å². The Morgan fingerprint density at radius 1 is 1.58 bits per heavy atom. The molecule has 0 saturated heterocycles. The fourth-order valence-corrected chi connectivity index (χ4v) is 2.78. The number of nitrogens with zero attached hydrogens (tertiary/aromatic N) is 2. The van der Waals surface area contributed by atoms with Crippen LogP contribution in [0, 0.1) is 5.92 Å². The van der Waals surface area contributed by atoms with E-state index in [1.807, 2.05) is 31.4 Å². The van der Waals surface area contributed by atoms with Gasteiger partial charge in [0.1, 0.15) is 0 Å². The minimum Gasteiger partial charge on any atom is -0.320 e. The van der Waals surface area contributed by atoms with Gasteiger partial charge >= 0.3 is 0 Å². The van der Waals surface area contributed by atoms with Gasteiger partial charge in [0.15, 0.2) is 5.82 Å². The molecule has 0 radical (unpaired) electrons. The van der Waals surface area contributed by atoms with Gasteiger partial charge in [0, 0.05) is 11.5 Å². The molecule has 0 aliphatic rings. The van der Waals surface area contributed by atoms with Gasteiger partial charge in [-0.1, -0.05) is 26.3 Å². The highest BCUT2D eigenvalue weighted by atomic mass is 32.1. The van der Waals surface area contributed by atoms with Crippen molar-refractivity contribution in [2.75, 3.05) is 5.32 Å². The van der Waals surface area contributed by atoms with Gasteiger partial charge < -0.3 is 5.73 Å². The van der Waals surface area contributed by atoms with Gasteiger partial charge in [0.05, 0.1) is 10.9 Å². The standard InChI is InChI=1S/C12H16N4OS2/c1-3-7(2)9(13)11(17)15-12-14-10(16-19-12)8-5-4-6-18-8/h4-7,9H,3,13H2,1-2H3,(H,14,15,16,17). The molecule has 19 heavy (non-hydrogen) atoms. The molecule has 2 unspecified atom stereocenters. The second-order valence-electron chi connectivity index (χ2n) is 4.30.